The second-order valence-electron chi connectivity index (χ2n) is 4.48. The summed E-state index contributed by atoms with van der Waals surface area (Å²) in [6, 6.07) is 5.71. The van der Waals surface area contributed by atoms with Gasteiger partial charge in [0.25, 0.3) is 0 Å². The third-order valence-corrected chi connectivity index (χ3v) is 3.71. The standard InChI is InChI=1S/C14H16N4OS/c1-10-8-11(17-14(20-2)16-9-15)5-6-12(10)18-7-3-4-13(18)19/h5-6,8H,3-4,7H2,1-2H3,(H,16,17). The number of anilines is 1. The lowest BCUT2D eigenvalue weighted by Gasteiger charge is -2.18. The average molecular weight is 288 g/mol. The van der Waals surface area contributed by atoms with Crippen LogP contribution in [0.15, 0.2) is 23.2 Å². The van der Waals surface area contributed by atoms with Gasteiger partial charge < -0.3 is 4.90 Å². The van der Waals surface area contributed by atoms with E-state index in [1.54, 1.807) is 0 Å². The molecule has 0 saturated carbocycles. The zero-order valence-electron chi connectivity index (χ0n) is 11.5. The molecule has 0 unspecified atom stereocenters. The Morgan fingerprint density at radius 2 is 2.35 bits per heavy atom. The smallest absolute Gasteiger partial charge is 0.227 e. The topological polar surface area (TPSA) is 68.5 Å². The lowest BCUT2D eigenvalue weighted by atomic mass is 10.1. The van der Waals surface area contributed by atoms with E-state index in [1.165, 1.54) is 11.8 Å². The third kappa shape index (κ3) is 3.11. The normalized spacial score (nSPS) is 15.3. The van der Waals surface area contributed by atoms with E-state index < -0.39 is 0 Å². The van der Waals surface area contributed by atoms with Crippen LogP contribution in [0.2, 0.25) is 0 Å². The Morgan fingerprint density at radius 3 is 2.90 bits per heavy atom. The van der Waals surface area contributed by atoms with Crippen molar-refractivity contribution in [3.05, 3.63) is 23.8 Å². The lowest BCUT2D eigenvalue weighted by molar-refractivity contribution is -0.117. The maximum absolute atomic E-state index is 11.8. The molecule has 0 radical (unpaired) electrons. The van der Waals surface area contributed by atoms with Crippen LogP contribution in [0.5, 0.6) is 0 Å². The number of carbonyl (C=O) groups is 1. The highest BCUT2D eigenvalue weighted by Gasteiger charge is 2.22. The molecule has 1 fully saturated rings. The van der Waals surface area contributed by atoms with Crippen LogP contribution in [0.4, 0.5) is 11.4 Å². The molecule has 0 aliphatic carbocycles. The number of carbonyl (C=O) groups excluding carboxylic acids is 1. The van der Waals surface area contributed by atoms with Gasteiger partial charge in [-0.2, -0.15) is 5.26 Å². The number of amidine groups is 1. The molecule has 5 nitrogen and oxygen atoms in total. The highest BCUT2D eigenvalue weighted by atomic mass is 32.2. The fourth-order valence-electron chi connectivity index (χ4n) is 2.20. The van der Waals surface area contributed by atoms with Crippen molar-refractivity contribution in [1.82, 2.24) is 5.32 Å². The van der Waals surface area contributed by atoms with Crippen LogP contribution in [0.1, 0.15) is 18.4 Å². The predicted molar refractivity (Wildman–Crippen MR) is 82.1 cm³/mol. The van der Waals surface area contributed by atoms with Gasteiger partial charge in [0, 0.05) is 18.7 Å². The molecule has 1 aliphatic rings. The quantitative estimate of drug-likeness (QED) is 0.393. The van der Waals surface area contributed by atoms with E-state index in [4.69, 9.17) is 5.26 Å². The summed E-state index contributed by atoms with van der Waals surface area (Å²) in [4.78, 5) is 18.0. The Labute approximate surface area is 122 Å². The summed E-state index contributed by atoms with van der Waals surface area (Å²) in [6.07, 6.45) is 5.26. The van der Waals surface area contributed by atoms with Crippen LogP contribution in [0, 0.1) is 18.4 Å². The first-order chi connectivity index (χ1) is 9.65. The van der Waals surface area contributed by atoms with Gasteiger partial charge in [-0.15, -0.1) is 0 Å². The number of rotatable bonds is 2. The van der Waals surface area contributed by atoms with Gasteiger partial charge in [-0.05, 0) is 43.4 Å². The highest BCUT2D eigenvalue weighted by molar-refractivity contribution is 8.13. The van der Waals surface area contributed by atoms with Gasteiger partial charge in [-0.25, -0.2) is 4.99 Å². The van der Waals surface area contributed by atoms with E-state index in [-0.39, 0.29) is 5.91 Å². The first-order valence-corrected chi connectivity index (χ1v) is 7.57. The van der Waals surface area contributed by atoms with E-state index in [9.17, 15) is 4.79 Å². The predicted octanol–water partition coefficient (Wildman–Crippen LogP) is 2.54. The van der Waals surface area contributed by atoms with Gasteiger partial charge in [0.15, 0.2) is 11.4 Å². The van der Waals surface area contributed by atoms with Gasteiger partial charge in [-0.3, -0.25) is 10.1 Å². The van der Waals surface area contributed by atoms with Crippen molar-refractivity contribution in [2.45, 2.75) is 19.8 Å². The Balaban J connectivity index is 2.26. The largest absolute Gasteiger partial charge is 0.312 e. The van der Waals surface area contributed by atoms with Gasteiger partial charge in [0.2, 0.25) is 5.91 Å². The van der Waals surface area contributed by atoms with Crippen LogP contribution in [0.25, 0.3) is 0 Å². The fourth-order valence-corrected chi connectivity index (χ4v) is 2.55. The molecule has 1 amide bonds. The molecule has 20 heavy (non-hydrogen) atoms. The molecule has 1 heterocycles. The monoisotopic (exact) mass is 288 g/mol. The highest BCUT2D eigenvalue weighted by Crippen LogP contribution is 2.28. The summed E-state index contributed by atoms with van der Waals surface area (Å²) in [7, 11) is 0. The molecule has 1 aromatic carbocycles. The van der Waals surface area contributed by atoms with E-state index in [0.717, 1.165) is 29.9 Å². The minimum atomic E-state index is 0.181. The Morgan fingerprint density at radius 1 is 1.55 bits per heavy atom. The number of hydrogen-bond donors (Lipinski definition) is 1. The van der Waals surface area contributed by atoms with Crippen molar-refractivity contribution in [1.29, 1.82) is 5.26 Å². The second kappa shape index (κ2) is 6.44. The molecule has 2 rings (SSSR count). The third-order valence-electron chi connectivity index (χ3n) is 3.13. The molecule has 0 aromatic heterocycles. The van der Waals surface area contributed by atoms with E-state index in [2.05, 4.69) is 10.3 Å². The summed E-state index contributed by atoms with van der Waals surface area (Å²) >= 11 is 1.38. The molecule has 0 bridgehead atoms. The lowest BCUT2D eigenvalue weighted by Crippen LogP contribution is -2.24. The summed E-state index contributed by atoms with van der Waals surface area (Å²) in [5, 5.41) is 11.7. The zero-order chi connectivity index (χ0) is 14.5. The van der Waals surface area contributed by atoms with Crippen molar-refractivity contribution in [2.24, 2.45) is 4.99 Å². The summed E-state index contributed by atoms with van der Waals surface area (Å²) in [5.41, 5.74) is 2.73. The maximum Gasteiger partial charge on any atom is 0.227 e. The first-order valence-electron chi connectivity index (χ1n) is 6.34. The minimum absolute atomic E-state index is 0.181. The Hall–Kier alpha value is -2.00. The van der Waals surface area contributed by atoms with Gasteiger partial charge >= 0.3 is 0 Å². The molecule has 0 spiro atoms. The Bertz CT molecular complexity index is 591. The number of nitrogens with one attached hydrogen (secondary N) is 1. The number of thioether (sulfide) groups is 1. The van der Waals surface area contributed by atoms with Gasteiger partial charge in [-0.1, -0.05) is 11.8 Å². The average Bonchev–Trinajstić information content (AvgIpc) is 2.84. The van der Waals surface area contributed by atoms with Crippen LogP contribution in [-0.2, 0) is 4.79 Å². The molecule has 1 N–H and O–H groups in total. The number of aryl methyl sites for hydroxylation is 1. The molecule has 104 valence electrons. The molecule has 1 aromatic rings. The number of aliphatic imine (C=N–C) groups is 1. The number of amides is 1. The SMILES string of the molecule is CSC(=Nc1ccc(N2CCCC2=O)c(C)c1)NC#N. The van der Waals surface area contributed by atoms with E-state index in [0.29, 0.717) is 11.6 Å². The van der Waals surface area contributed by atoms with Gasteiger partial charge in [0.05, 0.1) is 5.69 Å². The van der Waals surface area contributed by atoms with Crippen LogP contribution in [0.3, 0.4) is 0 Å². The van der Waals surface area contributed by atoms with Crippen molar-refractivity contribution >= 4 is 34.2 Å². The van der Waals surface area contributed by atoms with Crippen molar-refractivity contribution < 1.29 is 4.79 Å². The zero-order valence-corrected chi connectivity index (χ0v) is 12.3. The van der Waals surface area contributed by atoms with Crippen LogP contribution in [-0.4, -0.2) is 23.9 Å². The van der Waals surface area contributed by atoms with Crippen LogP contribution >= 0.6 is 11.8 Å². The molecular formula is C14H16N4OS. The number of nitriles is 1. The number of benzene rings is 1. The van der Waals surface area contributed by atoms with E-state index >= 15 is 0 Å². The summed E-state index contributed by atoms with van der Waals surface area (Å²) < 4.78 is 0. The molecule has 1 aliphatic heterocycles. The second-order valence-corrected chi connectivity index (χ2v) is 5.27. The number of hydrogen-bond acceptors (Lipinski definition) is 4. The number of nitrogens with zero attached hydrogens (tertiary/aromatic N) is 3. The molecule has 0 atom stereocenters. The molecular weight excluding hydrogens is 272 g/mol. The Kier molecular flexibility index (Phi) is 4.64. The summed E-state index contributed by atoms with van der Waals surface area (Å²) in [6.45, 7) is 2.75. The maximum atomic E-state index is 11.8. The van der Waals surface area contributed by atoms with Crippen LogP contribution < -0.4 is 10.2 Å². The van der Waals surface area contributed by atoms with Crippen molar-refractivity contribution in [3.63, 3.8) is 0 Å². The van der Waals surface area contributed by atoms with Gasteiger partial charge in [0.1, 0.15) is 0 Å². The van der Waals surface area contributed by atoms with Crippen molar-refractivity contribution in [3.8, 4) is 6.19 Å². The first kappa shape index (κ1) is 14.4. The fraction of sp³-hybridized carbons (Fsp3) is 0.357. The van der Waals surface area contributed by atoms with Crippen molar-refractivity contribution in [2.75, 3.05) is 17.7 Å². The van der Waals surface area contributed by atoms with E-state index in [1.807, 2.05) is 42.5 Å². The molecule has 6 heteroatoms. The minimum Gasteiger partial charge on any atom is -0.312 e. The molecule has 1 saturated heterocycles. The summed E-state index contributed by atoms with van der Waals surface area (Å²) in [5.74, 6) is 0.181.